The highest BCUT2D eigenvalue weighted by Crippen LogP contribution is 2.24. The number of nitrogens with one attached hydrogen (secondary N) is 4. The number of benzene rings is 2. The lowest BCUT2D eigenvalue weighted by Gasteiger charge is -2.24. The number of rotatable bonds is 13. The molecule has 2 rings (SSSR count). The third-order valence-electron chi connectivity index (χ3n) is 5.19. The Balaban J connectivity index is 2.01. The molecule has 42 heavy (non-hydrogen) atoms. The third kappa shape index (κ3) is 15.0. The summed E-state index contributed by atoms with van der Waals surface area (Å²) >= 11 is 0. The fourth-order valence-electron chi connectivity index (χ4n) is 3.31. The molecule has 4 amide bonds. The van der Waals surface area contributed by atoms with Gasteiger partial charge in [-0.15, -0.1) is 0 Å². The first kappa shape index (κ1) is 34.8. The standard InChI is InChI=1S/C30H42N4O6S2/c1-29(2,3)39-27(37)33-23(25(35)31-17-21-13-9-7-10-14-21)19-41-42-20-24(34-28(38)40-30(4,5)6)26(36)32-18-22-15-11-8-12-16-22/h7-16,23-24H,17-20H2,1-6H3,(H,31,35)(H,32,36)(H,33,37)(H,34,38). The van der Waals surface area contributed by atoms with Crippen molar-refractivity contribution < 1.29 is 28.7 Å². The zero-order valence-electron chi connectivity index (χ0n) is 25.0. The molecule has 0 aliphatic rings. The largest absolute Gasteiger partial charge is 0.444 e. The van der Waals surface area contributed by atoms with Gasteiger partial charge in [-0.3, -0.25) is 9.59 Å². The van der Waals surface area contributed by atoms with Gasteiger partial charge in [-0.1, -0.05) is 82.3 Å². The first-order valence-electron chi connectivity index (χ1n) is 13.6. The highest BCUT2D eigenvalue weighted by Gasteiger charge is 2.27. The van der Waals surface area contributed by atoms with Gasteiger partial charge in [0.1, 0.15) is 23.3 Å². The van der Waals surface area contributed by atoms with Crippen molar-refractivity contribution >= 4 is 45.6 Å². The zero-order chi connectivity index (χ0) is 31.2. The van der Waals surface area contributed by atoms with Crippen LogP contribution >= 0.6 is 21.6 Å². The van der Waals surface area contributed by atoms with Gasteiger partial charge in [-0.05, 0) is 52.7 Å². The molecular weight excluding hydrogens is 576 g/mol. The van der Waals surface area contributed by atoms with Crippen LogP contribution in [0.25, 0.3) is 0 Å². The van der Waals surface area contributed by atoms with Crippen LogP contribution in [0.15, 0.2) is 60.7 Å². The van der Waals surface area contributed by atoms with Crippen molar-refractivity contribution in [3.8, 4) is 0 Å². The van der Waals surface area contributed by atoms with E-state index in [0.29, 0.717) is 13.1 Å². The topological polar surface area (TPSA) is 135 Å². The van der Waals surface area contributed by atoms with Gasteiger partial charge in [0.05, 0.1) is 0 Å². The van der Waals surface area contributed by atoms with Gasteiger partial charge in [-0.2, -0.15) is 0 Å². The summed E-state index contributed by atoms with van der Waals surface area (Å²) in [6.07, 6.45) is -1.42. The van der Waals surface area contributed by atoms with E-state index in [2.05, 4.69) is 21.3 Å². The SMILES string of the molecule is CC(C)(C)OC(=O)NC(CSSCC(NC(=O)OC(C)(C)C)C(=O)NCc1ccccc1)C(=O)NCc1ccccc1. The van der Waals surface area contributed by atoms with E-state index in [0.717, 1.165) is 11.1 Å². The van der Waals surface area contributed by atoms with E-state index in [1.807, 2.05) is 60.7 Å². The maximum Gasteiger partial charge on any atom is 0.408 e. The summed E-state index contributed by atoms with van der Waals surface area (Å²) < 4.78 is 10.7. The van der Waals surface area contributed by atoms with Crippen LogP contribution in [0.2, 0.25) is 0 Å². The van der Waals surface area contributed by atoms with Crippen molar-refractivity contribution in [3.63, 3.8) is 0 Å². The maximum absolute atomic E-state index is 13.0. The van der Waals surface area contributed by atoms with Gasteiger partial charge in [0.15, 0.2) is 0 Å². The van der Waals surface area contributed by atoms with Crippen molar-refractivity contribution in [2.45, 2.75) is 77.9 Å². The third-order valence-corrected chi connectivity index (χ3v) is 7.61. The molecule has 0 heterocycles. The van der Waals surface area contributed by atoms with E-state index < -0.39 is 35.5 Å². The molecule has 0 fully saturated rings. The molecule has 0 aliphatic carbocycles. The summed E-state index contributed by atoms with van der Waals surface area (Å²) in [7, 11) is 2.57. The second-order valence-electron chi connectivity index (χ2n) is 11.4. The van der Waals surface area contributed by atoms with E-state index >= 15 is 0 Å². The summed E-state index contributed by atoms with van der Waals surface area (Å²) in [6, 6.07) is 17.1. The average Bonchev–Trinajstić information content (AvgIpc) is 2.90. The van der Waals surface area contributed by atoms with Gasteiger partial charge in [0.25, 0.3) is 0 Å². The Morgan fingerprint density at radius 3 is 1.26 bits per heavy atom. The Morgan fingerprint density at radius 2 is 0.952 bits per heavy atom. The highest BCUT2D eigenvalue weighted by atomic mass is 33.1. The number of amides is 4. The van der Waals surface area contributed by atoms with Crippen LogP contribution in [0.5, 0.6) is 0 Å². The molecule has 0 saturated heterocycles. The summed E-state index contributed by atoms with van der Waals surface area (Å²) in [4.78, 5) is 50.9. The van der Waals surface area contributed by atoms with Gasteiger partial charge in [0.2, 0.25) is 11.8 Å². The normalized spacial score (nSPS) is 12.8. The van der Waals surface area contributed by atoms with E-state index in [9.17, 15) is 19.2 Å². The molecule has 0 saturated carbocycles. The van der Waals surface area contributed by atoms with Crippen molar-refractivity contribution in [1.29, 1.82) is 0 Å². The molecule has 230 valence electrons. The van der Waals surface area contributed by atoms with Crippen LogP contribution in [0.1, 0.15) is 52.7 Å². The lowest BCUT2D eigenvalue weighted by atomic mass is 10.2. The van der Waals surface area contributed by atoms with Crippen molar-refractivity contribution in [2.24, 2.45) is 0 Å². The summed E-state index contributed by atoms with van der Waals surface area (Å²) in [6.45, 7) is 11.0. The number of alkyl carbamates (subject to hydrolysis) is 2. The summed E-state index contributed by atoms with van der Waals surface area (Å²) in [5, 5.41) is 11.0. The van der Waals surface area contributed by atoms with E-state index in [-0.39, 0.29) is 23.3 Å². The van der Waals surface area contributed by atoms with Gasteiger partial charge in [-0.25, -0.2) is 9.59 Å². The number of ether oxygens (including phenoxy) is 2. The summed E-state index contributed by atoms with van der Waals surface area (Å²) in [5.41, 5.74) is 0.373. The van der Waals surface area contributed by atoms with Crippen molar-refractivity contribution in [3.05, 3.63) is 71.8 Å². The molecule has 4 N–H and O–H groups in total. The molecule has 0 radical (unpaired) electrons. The lowest BCUT2D eigenvalue weighted by molar-refractivity contribution is -0.123. The van der Waals surface area contributed by atoms with Gasteiger partial charge in [0, 0.05) is 24.6 Å². The minimum absolute atomic E-state index is 0.190. The quantitative estimate of drug-likeness (QED) is 0.186. The molecule has 0 bridgehead atoms. The smallest absolute Gasteiger partial charge is 0.408 e. The number of hydrogen-bond acceptors (Lipinski definition) is 8. The number of hydrogen-bond donors (Lipinski definition) is 4. The first-order chi connectivity index (χ1) is 19.7. The monoisotopic (exact) mass is 618 g/mol. The van der Waals surface area contributed by atoms with Crippen LogP contribution in [0.4, 0.5) is 9.59 Å². The van der Waals surface area contributed by atoms with Crippen LogP contribution in [-0.4, -0.2) is 58.8 Å². The Labute approximate surface area is 256 Å². The predicted molar refractivity (Wildman–Crippen MR) is 168 cm³/mol. The van der Waals surface area contributed by atoms with Crippen LogP contribution in [0, 0.1) is 0 Å². The molecule has 10 nitrogen and oxygen atoms in total. The molecule has 12 heteroatoms. The van der Waals surface area contributed by atoms with Crippen LogP contribution in [-0.2, 0) is 32.2 Å². The Bertz CT molecular complexity index is 1060. The fraction of sp³-hybridized carbons (Fsp3) is 0.467. The molecule has 0 aromatic heterocycles. The van der Waals surface area contributed by atoms with Gasteiger partial charge < -0.3 is 30.7 Å². The summed E-state index contributed by atoms with van der Waals surface area (Å²) in [5.74, 6) is -0.367. The van der Waals surface area contributed by atoms with Crippen molar-refractivity contribution in [2.75, 3.05) is 11.5 Å². The lowest BCUT2D eigenvalue weighted by Crippen LogP contribution is -2.50. The predicted octanol–water partition coefficient (Wildman–Crippen LogP) is 4.79. The van der Waals surface area contributed by atoms with Crippen molar-refractivity contribution in [1.82, 2.24) is 21.3 Å². The van der Waals surface area contributed by atoms with E-state index in [1.54, 1.807) is 41.5 Å². The molecule has 0 spiro atoms. The second-order valence-corrected chi connectivity index (χ2v) is 13.9. The number of carbonyl (C=O) groups is 4. The molecule has 2 aromatic rings. The molecular formula is C30H42N4O6S2. The van der Waals surface area contributed by atoms with E-state index in [1.165, 1.54) is 21.6 Å². The molecule has 2 aromatic carbocycles. The Kier molecular flexibility index (Phi) is 14.0. The first-order valence-corrected chi connectivity index (χ1v) is 16.1. The highest BCUT2D eigenvalue weighted by molar-refractivity contribution is 8.76. The Morgan fingerprint density at radius 1 is 0.619 bits per heavy atom. The van der Waals surface area contributed by atoms with Gasteiger partial charge >= 0.3 is 12.2 Å². The number of carbonyl (C=O) groups excluding carboxylic acids is 4. The van der Waals surface area contributed by atoms with Crippen LogP contribution < -0.4 is 21.3 Å². The van der Waals surface area contributed by atoms with Crippen LogP contribution in [0.3, 0.4) is 0 Å². The minimum atomic E-state index is -0.898. The molecule has 2 atom stereocenters. The average molecular weight is 619 g/mol. The fourth-order valence-corrected chi connectivity index (χ4v) is 5.64. The van der Waals surface area contributed by atoms with E-state index in [4.69, 9.17) is 9.47 Å². The second kappa shape index (κ2) is 16.9. The molecule has 0 aliphatic heterocycles. The molecule has 2 unspecified atom stereocenters. The Hall–Kier alpha value is -3.38. The zero-order valence-corrected chi connectivity index (χ0v) is 26.7. The maximum atomic E-state index is 13.0. The minimum Gasteiger partial charge on any atom is -0.444 e.